The lowest BCUT2D eigenvalue weighted by Gasteiger charge is -2.28. The number of aryl methyl sites for hydroxylation is 1. The second kappa shape index (κ2) is 7.53. The van der Waals surface area contributed by atoms with Gasteiger partial charge in [-0.05, 0) is 19.1 Å². The highest BCUT2D eigenvalue weighted by Gasteiger charge is 2.46. The van der Waals surface area contributed by atoms with E-state index in [1.165, 1.54) is 24.7 Å². The number of nitrogens with zero attached hydrogens (tertiary/aromatic N) is 1. The lowest BCUT2D eigenvalue weighted by Crippen LogP contribution is -2.57. The van der Waals surface area contributed by atoms with Crippen LogP contribution >= 0.6 is 0 Å². The third-order valence-electron chi connectivity index (χ3n) is 3.57. The van der Waals surface area contributed by atoms with Crippen molar-refractivity contribution in [1.82, 2.24) is 5.48 Å². The molecule has 1 rings (SSSR count). The van der Waals surface area contributed by atoms with Crippen molar-refractivity contribution in [1.29, 1.82) is 0 Å². The molecule has 0 saturated heterocycles. The molecular weight excluding hydrogens is 324 g/mol. The number of ether oxygens (including phenoxy) is 1. The summed E-state index contributed by atoms with van der Waals surface area (Å²) in [5.41, 5.74) is 2.25. The van der Waals surface area contributed by atoms with Crippen LogP contribution in [0.1, 0.15) is 18.4 Å². The molecule has 0 aliphatic rings. The Kier molecular flexibility index (Phi) is 6.25. The van der Waals surface area contributed by atoms with Gasteiger partial charge in [0.05, 0.1) is 20.6 Å². The molecule has 2 N–H and O–H groups in total. The molecule has 128 valence electrons. The summed E-state index contributed by atoms with van der Waals surface area (Å²) in [4.78, 5) is 23.1. The Balaban J connectivity index is 3.15. The number of carbonyl (C=O) groups is 2. The molecule has 0 saturated carbocycles. The number of sulfonamides is 1. The van der Waals surface area contributed by atoms with Crippen LogP contribution in [-0.2, 0) is 19.6 Å². The Hall–Kier alpha value is -1.97. The van der Waals surface area contributed by atoms with Gasteiger partial charge in [-0.2, -0.15) is 13.9 Å². The molecule has 0 aliphatic carbocycles. The van der Waals surface area contributed by atoms with Crippen LogP contribution < -0.4 is 5.48 Å². The minimum Gasteiger partial charge on any atom is -0.469 e. The van der Waals surface area contributed by atoms with Gasteiger partial charge < -0.3 is 4.74 Å². The minimum absolute atomic E-state index is 0.0353. The first kappa shape index (κ1) is 19.1. The molecule has 0 fully saturated rings. The third kappa shape index (κ3) is 4.06. The number of nitrogens with one attached hydrogen (secondary N) is 1. The number of esters is 1. The molecule has 1 unspecified atom stereocenters. The van der Waals surface area contributed by atoms with Crippen molar-refractivity contribution in [2.75, 3.05) is 20.7 Å². The summed E-state index contributed by atoms with van der Waals surface area (Å²) in [7, 11) is -1.73. The standard InChI is InChI=1S/C14H20N2O6S/c1-11-6-8-12(9-7-11)23(20,21)16(2,14(18)15-19)10-4-5-13(17)22-3/h6-9H,4-5,10H2,1-3H3,(H-,15,18,19)/p+1. The highest BCUT2D eigenvalue weighted by molar-refractivity contribution is 7.86. The summed E-state index contributed by atoms with van der Waals surface area (Å²) < 4.78 is 29.0. The molecule has 0 spiro atoms. The normalized spacial score (nSPS) is 13.9. The minimum atomic E-state index is -4.12. The first-order valence-corrected chi connectivity index (χ1v) is 8.32. The predicted octanol–water partition coefficient (Wildman–Crippen LogP) is 1.18. The number of amides is 2. The zero-order valence-corrected chi connectivity index (χ0v) is 14.1. The average molecular weight is 345 g/mol. The molecule has 8 nitrogen and oxygen atoms in total. The summed E-state index contributed by atoms with van der Waals surface area (Å²) in [6.07, 6.45) is 0.0636. The maximum Gasteiger partial charge on any atom is 0.455 e. The van der Waals surface area contributed by atoms with E-state index in [0.29, 0.717) is 0 Å². The smallest absolute Gasteiger partial charge is 0.455 e. The second-order valence-corrected chi connectivity index (χ2v) is 7.44. The highest BCUT2D eigenvalue weighted by atomic mass is 32.2. The molecule has 23 heavy (non-hydrogen) atoms. The first-order chi connectivity index (χ1) is 10.7. The zero-order chi connectivity index (χ0) is 17.7. The predicted molar refractivity (Wildman–Crippen MR) is 81.0 cm³/mol. The van der Waals surface area contributed by atoms with Gasteiger partial charge in [0, 0.05) is 6.42 Å². The van der Waals surface area contributed by atoms with Crippen LogP contribution in [0, 0.1) is 6.92 Å². The topological polar surface area (TPSA) is 110 Å². The number of benzene rings is 1. The molecule has 0 radical (unpaired) electrons. The number of hydrogen-bond donors (Lipinski definition) is 2. The van der Waals surface area contributed by atoms with Gasteiger partial charge in [-0.15, -0.1) is 3.89 Å². The van der Waals surface area contributed by atoms with Gasteiger partial charge >= 0.3 is 22.0 Å². The van der Waals surface area contributed by atoms with Crippen molar-refractivity contribution >= 4 is 22.0 Å². The van der Waals surface area contributed by atoms with Gasteiger partial charge in [0.25, 0.3) is 0 Å². The number of rotatable bonds is 6. The van der Waals surface area contributed by atoms with Crippen molar-refractivity contribution in [2.24, 2.45) is 0 Å². The summed E-state index contributed by atoms with van der Waals surface area (Å²) >= 11 is 0. The van der Waals surface area contributed by atoms with Crippen molar-refractivity contribution in [3.63, 3.8) is 0 Å². The molecule has 0 aliphatic heterocycles. The number of quaternary nitrogens is 1. The van der Waals surface area contributed by atoms with Crippen molar-refractivity contribution in [2.45, 2.75) is 24.7 Å². The number of hydroxylamine groups is 1. The van der Waals surface area contributed by atoms with Gasteiger partial charge in [0.15, 0.2) is 0 Å². The maximum absolute atomic E-state index is 12.8. The Morgan fingerprint density at radius 2 is 1.83 bits per heavy atom. The van der Waals surface area contributed by atoms with Crippen LogP contribution in [-0.4, -0.2) is 50.2 Å². The molecule has 2 amide bonds. The maximum atomic E-state index is 12.8. The molecule has 9 heteroatoms. The van der Waals surface area contributed by atoms with Crippen molar-refractivity contribution in [3.05, 3.63) is 29.8 Å². The van der Waals surface area contributed by atoms with Crippen LogP contribution in [0.15, 0.2) is 29.2 Å². The van der Waals surface area contributed by atoms with E-state index in [-0.39, 0.29) is 24.3 Å². The first-order valence-electron chi connectivity index (χ1n) is 6.88. The van der Waals surface area contributed by atoms with Crippen molar-refractivity contribution in [3.8, 4) is 0 Å². The van der Waals surface area contributed by atoms with Crippen molar-refractivity contribution < 1.29 is 31.8 Å². The lowest BCUT2D eigenvalue weighted by molar-refractivity contribution is -0.700. The zero-order valence-electron chi connectivity index (χ0n) is 13.3. The van der Waals surface area contributed by atoms with E-state index in [4.69, 9.17) is 5.21 Å². The lowest BCUT2D eigenvalue weighted by atomic mass is 10.2. The fraction of sp³-hybridized carbons (Fsp3) is 0.429. The number of urea groups is 1. The molecule has 1 aromatic rings. The van der Waals surface area contributed by atoms with Gasteiger partial charge in [-0.3, -0.25) is 10.0 Å². The molecule has 1 aromatic carbocycles. The quantitative estimate of drug-likeness (QED) is 0.347. The van der Waals surface area contributed by atoms with Crippen LogP contribution in [0.25, 0.3) is 0 Å². The largest absolute Gasteiger partial charge is 0.469 e. The molecule has 0 bridgehead atoms. The van der Waals surface area contributed by atoms with Gasteiger partial charge in [-0.1, -0.05) is 17.7 Å². The Labute approximate surface area is 135 Å². The highest BCUT2D eigenvalue weighted by Crippen LogP contribution is 2.24. The Bertz CT molecular complexity index is 671. The summed E-state index contributed by atoms with van der Waals surface area (Å²) in [6.45, 7) is 1.61. The Morgan fingerprint density at radius 3 is 2.30 bits per heavy atom. The van der Waals surface area contributed by atoms with E-state index in [0.717, 1.165) is 12.6 Å². The van der Waals surface area contributed by atoms with E-state index in [1.807, 2.05) is 0 Å². The second-order valence-electron chi connectivity index (χ2n) is 5.21. The fourth-order valence-electron chi connectivity index (χ4n) is 2.01. The molecule has 0 heterocycles. The fourth-order valence-corrected chi connectivity index (χ4v) is 3.58. The van der Waals surface area contributed by atoms with Gasteiger partial charge in [0.2, 0.25) is 0 Å². The van der Waals surface area contributed by atoms with Crippen LogP contribution in [0.2, 0.25) is 0 Å². The van der Waals surface area contributed by atoms with E-state index in [2.05, 4.69) is 4.74 Å². The van der Waals surface area contributed by atoms with E-state index < -0.39 is 25.9 Å². The molecule has 0 aromatic heterocycles. The van der Waals surface area contributed by atoms with Gasteiger partial charge in [-0.25, -0.2) is 4.79 Å². The number of carbonyl (C=O) groups excluding carboxylic acids is 2. The SMILES string of the molecule is COC(=O)CCC[N+](C)(C(=O)NO)S(=O)(=O)c1ccc(C)cc1. The van der Waals surface area contributed by atoms with Crippen LogP contribution in [0.5, 0.6) is 0 Å². The molecular formula is C14H21N2O6S+. The number of methoxy groups -OCH3 is 1. The van der Waals surface area contributed by atoms with E-state index >= 15 is 0 Å². The monoisotopic (exact) mass is 345 g/mol. The molecule has 1 atom stereocenters. The Morgan fingerprint density at radius 1 is 1.26 bits per heavy atom. The number of hydrogen-bond acceptors (Lipinski definition) is 6. The summed E-state index contributed by atoms with van der Waals surface area (Å²) in [5.74, 6) is -0.506. The van der Waals surface area contributed by atoms with E-state index in [9.17, 15) is 18.0 Å². The van der Waals surface area contributed by atoms with E-state index in [1.54, 1.807) is 19.1 Å². The summed E-state index contributed by atoms with van der Waals surface area (Å²) in [6, 6.07) is 4.92. The third-order valence-corrected chi connectivity index (χ3v) is 5.85. The van der Waals surface area contributed by atoms with Gasteiger partial charge in [0.1, 0.15) is 11.4 Å². The van der Waals surface area contributed by atoms with Crippen LogP contribution in [0.4, 0.5) is 4.79 Å². The average Bonchev–Trinajstić information content (AvgIpc) is 2.53. The summed E-state index contributed by atoms with van der Waals surface area (Å²) in [5, 5.41) is 8.91. The van der Waals surface area contributed by atoms with Crippen LogP contribution in [0.3, 0.4) is 0 Å².